The van der Waals surface area contributed by atoms with E-state index < -0.39 is 0 Å². The second kappa shape index (κ2) is 3.71. The number of hydrogen-bond donors (Lipinski definition) is 0. The van der Waals surface area contributed by atoms with Gasteiger partial charge in [0, 0.05) is 0 Å². The van der Waals surface area contributed by atoms with E-state index in [4.69, 9.17) is 0 Å². The quantitative estimate of drug-likeness (QED) is 0.460. The lowest BCUT2D eigenvalue weighted by atomic mass is 10.2. The average molecular weight is 98.1 g/mol. The van der Waals surface area contributed by atoms with Crippen molar-refractivity contribution in [3.63, 3.8) is 0 Å². The zero-order valence-corrected chi connectivity index (χ0v) is 5.72. The Bertz CT molecular complexity index is 25.1. The van der Waals surface area contributed by atoms with Gasteiger partial charge in [-0.05, 0) is 5.92 Å². The maximum Gasteiger partial charge on any atom is 0.118 e. The highest BCUT2D eigenvalue weighted by atomic mass is 27.0. The van der Waals surface area contributed by atoms with Gasteiger partial charge in [-0.25, -0.2) is 0 Å². The molecule has 0 fully saturated rings. The van der Waals surface area contributed by atoms with Gasteiger partial charge < -0.3 is 0 Å². The molecule has 34 valence electrons. The van der Waals surface area contributed by atoms with Crippen molar-refractivity contribution < 1.29 is 0 Å². The minimum Gasteiger partial charge on any atom is -0.117 e. The van der Waals surface area contributed by atoms with Gasteiger partial charge in [-0.1, -0.05) is 20.3 Å². The lowest BCUT2D eigenvalue weighted by molar-refractivity contribution is 0.626. The Hall–Kier alpha value is 0.532. The molecule has 0 unspecified atom stereocenters. The predicted octanol–water partition coefficient (Wildman–Crippen LogP) is 1.62. The fourth-order valence-corrected chi connectivity index (χ4v) is 1.00. The summed E-state index contributed by atoms with van der Waals surface area (Å²) < 4.78 is 0. The summed E-state index contributed by atoms with van der Waals surface area (Å²) in [5.41, 5.74) is 0. The number of rotatable bonds is 2. The van der Waals surface area contributed by atoms with E-state index in [2.05, 4.69) is 30.1 Å². The van der Waals surface area contributed by atoms with Gasteiger partial charge in [0.1, 0.15) is 16.3 Å². The molecule has 0 amide bonds. The van der Waals surface area contributed by atoms with E-state index in [1.165, 1.54) is 11.7 Å². The minimum atomic E-state index is 0.877. The van der Waals surface area contributed by atoms with Gasteiger partial charge in [0.05, 0.1) is 0 Å². The largest absolute Gasteiger partial charge is 0.118 e. The molecule has 0 N–H and O–H groups in total. The molecule has 0 bridgehead atoms. The predicted molar refractivity (Wildman–Crippen MR) is 30.0 cm³/mol. The van der Waals surface area contributed by atoms with E-state index in [1.54, 1.807) is 0 Å². The zero-order valence-electron chi connectivity index (χ0n) is 4.57. The first-order valence-electron chi connectivity index (χ1n) is 2.47. The maximum absolute atomic E-state index is 2.72. The second-order valence-electron chi connectivity index (χ2n) is 1.97. The number of hydrogen-bond acceptors (Lipinski definition) is 0. The molecule has 0 aliphatic carbocycles. The van der Waals surface area contributed by atoms with Crippen LogP contribution in [0.5, 0.6) is 0 Å². The van der Waals surface area contributed by atoms with Gasteiger partial charge in [0.15, 0.2) is 0 Å². The van der Waals surface area contributed by atoms with Gasteiger partial charge in [0.25, 0.3) is 0 Å². The summed E-state index contributed by atoms with van der Waals surface area (Å²) in [6.45, 7) is 4.48. The summed E-state index contributed by atoms with van der Waals surface area (Å²) in [7, 11) is 0. The second-order valence-corrected chi connectivity index (χ2v) is 2.55. The van der Waals surface area contributed by atoms with Crippen molar-refractivity contribution in [1.82, 2.24) is 0 Å². The molecular formula is C5H11Al. The highest BCUT2D eigenvalue weighted by Crippen LogP contribution is 1.99. The summed E-state index contributed by atoms with van der Waals surface area (Å²) >= 11 is 2.72. The van der Waals surface area contributed by atoms with Gasteiger partial charge in [-0.15, -0.1) is 5.28 Å². The first-order valence-corrected chi connectivity index (χ1v) is 3.29. The van der Waals surface area contributed by atoms with Gasteiger partial charge in [0.2, 0.25) is 0 Å². The van der Waals surface area contributed by atoms with Crippen LogP contribution in [0.25, 0.3) is 0 Å². The molecule has 0 aromatic rings. The van der Waals surface area contributed by atoms with Crippen molar-refractivity contribution in [2.75, 3.05) is 0 Å². The lowest BCUT2D eigenvalue weighted by Gasteiger charge is -1.96. The van der Waals surface area contributed by atoms with Crippen LogP contribution in [0, 0.1) is 5.92 Å². The Kier molecular flexibility index (Phi) is 4.04. The van der Waals surface area contributed by atoms with E-state index in [-0.39, 0.29) is 0 Å². The van der Waals surface area contributed by atoms with E-state index >= 15 is 0 Å². The third kappa shape index (κ3) is 4.53. The monoisotopic (exact) mass is 98.1 g/mol. The van der Waals surface area contributed by atoms with Gasteiger partial charge in [-0.3, -0.25) is 0 Å². The van der Waals surface area contributed by atoms with Crippen LogP contribution in [0.4, 0.5) is 0 Å². The molecule has 1 heteroatoms. The SMILES string of the molecule is CC(C)C[CH2][Al]. The Morgan fingerprint density at radius 1 is 1.50 bits per heavy atom. The van der Waals surface area contributed by atoms with Crippen LogP contribution in [0.1, 0.15) is 20.3 Å². The van der Waals surface area contributed by atoms with Crippen molar-refractivity contribution in [1.29, 1.82) is 0 Å². The molecule has 0 spiro atoms. The fraction of sp³-hybridized carbons (Fsp3) is 1.00. The smallest absolute Gasteiger partial charge is 0.117 e. The maximum atomic E-state index is 2.72. The third-order valence-electron chi connectivity index (χ3n) is 0.744. The molecular weight excluding hydrogens is 87.0 g/mol. The first kappa shape index (κ1) is 6.53. The van der Waals surface area contributed by atoms with Crippen LogP contribution in [0.3, 0.4) is 0 Å². The summed E-state index contributed by atoms with van der Waals surface area (Å²) in [6, 6.07) is 0. The van der Waals surface area contributed by atoms with Crippen LogP contribution in [0.2, 0.25) is 5.28 Å². The fourth-order valence-electron chi connectivity index (χ4n) is 0.333. The van der Waals surface area contributed by atoms with E-state index in [0.717, 1.165) is 5.92 Å². The van der Waals surface area contributed by atoms with Crippen LogP contribution >= 0.6 is 0 Å². The summed E-state index contributed by atoms with van der Waals surface area (Å²) in [4.78, 5) is 0. The van der Waals surface area contributed by atoms with E-state index in [9.17, 15) is 0 Å². The van der Waals surface area contributed by atoms with Crippen LogP contribution in [0.15, 0.2) is 0 Å². The van der Waals surface area contributed by atoms with Crippen LogP contribution in [-0.4, -0.2) is 16.3 Å². The normalized spacial score (nSPS) is 9.83. The molecule has 0 atom stereocenters. The Balaban J connectivity index is 2.63. The molecule has 6 heavy (non-hydrogen) atoms. The highest BCUT2D eigenvalue weighted by Gasteiger charge is 1.85. The molecule has 0 saturated heterocycles. The van der Waals surface area contributed by atoms with E-state index in [0.29, 0.717) is 0 Å². The molecule has 0 rings (SSSR count). The topological polar surface area (TPSA) is 0 Å². The van der Waals surface area contributed by atoms with Crippen molar-refractivity contribution in [3.05, 3.63) is 0 Å². The van der Waals surface area contributed by atoms with E-state index in [1.807, 2.05) is 0 Å². The molecule has 2 radical (unpaired) electrons. The minimum absolute atomic E-state index is 0.877. The highest BCUT2D eigenvalue weighted by molar-refractivity contribution is 6.08. The molecule has 0 aliphatic rings. The summed E-state index contributed by atoms with van der Waals surface area (Å²) in [6.07, 6.45) is 1.34. The summed E-state index contributed by atoms with van der Waals surface area (Å²) in [5, 5.41) is 1.25. The summed E-state index contributed by atoms with van der Waals surface area (Å²) in [5.74, 6) is 0.877. The van der Waals surface area contributed by atoms with Crippen molar-refractivity contribution in [3.8, 4) is 0 Å². The molecule has 0 nitrogen and oxygen atoms in total. The van der Waals surface area contributed by atoms with Gasteiger partial charge in [-0.2, -0.15) is 0 Å². The average Bonchev–Trinajstić information content (AvgIpc) is 1.35. The molecule has 0 aromatic heterocycles. The molecule has 0 saturated carbocycles. The Morgan fingerprint density at radius 2 is 2.00 bits per heavy atom. The van der Waals surface area contributed by atoms with Crippen molar-refractivity contribution in [2.45, 2.75) is 25.6 Å². The first-order chi connectivity index (χ1) is 2.77. The molecule has 0 aliphatic heterocycles. The zero-order chi connectivity index (χ0) is 4.99. The van der Waals surface area contributed by atoms with Crippen molar-refractivity contribution >= 4 is 16.3 Å². The Morgan fingerprint density at radius 3 is 2.00 bits per heavy atom. The molecule has 0 aromatic carbocycles. The van der Waals surface area contributed by atoms with Gasteiger partial charge >= 0.3 is 0 Å². The molecule has 0 heterocycles. The van der Waals surface area contributed by atoms with Crippen molar-refractivity contribution in [2.24, 2.45) is 5.92 Å². The lowest BCUT2D eigenvalue weighted by Crippen LogP contribution is -1.83. The van der Waals surface area contributed by atoms with Crippen LogP contribution < -0.4 is 0 Å². The van der Waals surface area contributed by atoms with Crippen LogP contribution in [-0.2, 0) is 0 Å². The Labute approximate surface area is 48.4 Å². The standard InChI is InChI=1S/C5H11.Al/c1-4-5(2)3;/h5H,1,4H2,2-3H3;. The third-order valence-corrected chi connectivity index (χ3v) is 1.08.